The van der Waals surface area contributed by atoms with Crippen LogP contribution in [0.1, 0.15) is 16.8 Å². The summed E-state index contributed by atoms with van der Waals surface area (Å²) in [6, 6.07) is 2.38. The van der Waals surface area contributed by atoms with Crippen LogP contribution in [0.3, 0.4) is 0 Å². The van der Waals surface area contributed by atoms with Crippen LogP contribution in [0.25, 0.3) is 0 Å². The van der Waals surface area contributed by atoms with Gasteiger partial charge in [-0.3, -0.25) is 0 Å². The molecule has 0 aromatic heterocycles. The van der Waals surface area contributed by atoms with Gasteiger partial charge >= 0.3 is 5.97 Å². The van der Waals surface area contributed by atoms with Crippen molar-refractivity contribution in [3.63, 3.8) is 0 Å². The van der Waals surface area contributed by atoms with Gasteiger partial charge in [0.1, 0.15) is 5.82 Å². The molecule has 0 saturated carbocycles. The number of nitrogens with two attached hydrogens (primary N) is 1. The van der Waals surface area contributed by atoms with Gasteiger partial charge in [-0.15, -0.1) is 0 Å². The third-order valence-corrected chi connectivity index (χ3v) is 3.18. The molecule has 1 fully saturated rings. The first-order valence-electron chi connectivity index (χ1n) is 5.63. The van der Waals surface area contributed by atoms with Crippen molar-refractivity contribution in [2.45, 2.75) is 12.5 Å². The molecule has 1 unspecified atom stereocenters. The summed E-state index contributed by atoms with van der Waals surface area (Å²) in [5, 5.41) is 8.98. The highest BCUT2D eigenvalue weighted by molar-refractivity contribution is 5.95. The van der Waals surface area contributed by atoms with Gasteiger partial charge < -0.3 is 20.5 Å². The Kier molecular flexibility index (Phi) is 3.38. The van der Waals surface area contributed by atoms with E-state index in [2.05, 4.69) is 0 Å². The maximum absolute atomic E-state index is 13.8. The summed E-state index contributed by atoms with van der Waals surface area (Å²) in [5.41, 5.74) is 5.56. The summed E-state index contributed by atoms with van der Waals surface area (Å²) in [6.45, 7) is 1.15. The van der Waals surface area contributed by atoms with E-state index in [4.69, 9.17) is 15.6 Å². The molecule has 2 rings (SSSR count). The normalized spacial score (nSPS) is 18.9. The summed E-state index contributed by atoms with van der Waals surface area (Å²) in [6.07, 6.45) is 0.794. The Labute approximate surface area is 104 Å². The van der Waals surface area contributed by atoms with Crippen molar-refractivity contribution in [1.82, 2.24) is 0 Å². The number of rotatable bonds is 3. The standard InChI is InChI=1S/C12H15FN2O3/c1-15(7-2-3-18-6-7)11-4-8(12(16)17)10(14)5-9(11)13/h4-5,7H,2-3,6,14H2,1H3,(H,16,17). The summed E-state index contributed by atoms with van der Waals surface area (Å²) in [7, 11) is 1.72. The molecule has 18 heavy (non-hydrogen) atoms. The Bertz CT molecular complexity index is 473. The lowest BCUT2D eigenvalue weighted by molar-refractivity contribution is 0.0698. The number of nitrogen functional groups attached to an aromatic ring is 1. The molecule has 0 aliphatic carbocycles. The van der Waals surface area contributed by atoms with Gasteiger partial charge in [0.25, 0.3) is 0 Å². The SMILES string of the molecule is CN(c1cc(C(=O)O)c(N)cc1F)C1CCOC1. The zero-order chi connectivity index (χ0) is 13.3. The molecule has 0 spiro atoms. The third kappa shape index (κ3) is 2.24. The minimum absolute atomic E-state index is 0.0600. The van der Waals surface area contributed by atoms with Crippen molar-refractivity contribution in [2.24, 2.45) is 0 Å². The highest BCUT2D eigenvalue weighted by Crippen LogP contribution is 2.27. The van der Waals surface area contributed by atoms with E-state index in [9.17, 15) is 9.18 Å². The van der Waals surface area contributed by atoms with Crippen molar-refractivity contribution >= 4 is 17.3 Å². The number of carboxylic acids is 1. The first kappa shape index (κ1) is 12.6. The smallest absolute Gasteiger partial charge is 0.337 e. The van der Waals surface area contributed by atoms with E-state index in [1.54, 1.807) is 11.9 Å². The molecular weight excluding hydrogens is 239 g/mol. The summed E-state index contributed by atoms with van der Waals surface area (Å²) in [4.78, 5) is 12.7. The Balaban J connectivity index is 2.37. The first-order valence-corrected chi connectivity index (χ1v) is 5.63. The fourth-order valence-corrected chi connectivity index (χ4v) is 2.06. The third-order valence-electron chi connectivity index (χ3n) is 3.18. The van der Waals surface area contributed by atoms with Gasteiger partial charge in [0.05, 0.1) is 23.9 Å². The number of halogens is 1. The van der Waals surface area contributed by atoms with Gasteiger partial charge in [-0.2, -0.15) is 0 Å². The molecule has 3 N–H and O–H groups in total. The van der Waals surface area contributed by atoms with Crippen molar-refractivity contribution in [3.8, 4) is 0 Å². The molecular formula is C12H15FN2O3. The fourth-order valence-electron chi connectivity index (χ4n) is 2.06. The van der Waals surface area contributed by atoms with Crippen LogP contribution in [0.2, 0.25) is 0 Å². The zero-order valence-corrected chi connectivity index (χ0v) is 10.0. The second-order valence-corrected chi connectivity index (χ2v) is 4.32. The van der Waals surface area contributed by atoms with E-state index in [1.165, 1.54) is 6.07 Å². The molecule has 0 amide bonds. The number of benzene rings is 1. The molecule has 1 aliphatic rings. The average molecular weight is 254 g/mol. The highest BCUT2D eigenvalue weighted by atomic mass is 19.1. The Morgan fingerprint density at radius 1 is 1.61 bits per heavy atom. The van der Waals surface area contributed by atoms with Gasteiger partial charge in [-0.25, -0.2) is 9.18 Å². The largest absolute Gasteiger partial charge is 0.478 e. The lowest BCUT2D eigenvalue weighted by Gasteiger charge is -2.26. The summed E-state index contributed by atoms with van der Waals surface area (Å²) >= 11 is 0. The minimum Gasteiger partial charge on any atom is -0.478 e. The van der Waals surface area contributed by atoms with Crippen LogP contribution in [0.15, 0.2) is 12.1 Å². The second-order valence-electron chi connectivity index (χ2n) is 4.32. The summed E-state index contributed by atoms with van der Waals surface area (Å²) < 4.78 is 19.1. The second kappa shape index (κ2) is 4.81. The van der Waals surface area contributed by atoms with Crippen LogP contribution in [0.5, 0.6) is 0 Å². The van der Waals surface area contributed by atoms with E-state index < -0.39 is 11.8 Å². The Hall–Kier alpha value is -1.82. The number of aromatic carboxylic acids is 1. The van der Waals surface area contributed by atoms with Gasteiger partial charge in [-0.05, 0) is 18.6 Å². The molecule has 1 atom stereocenters. The number of anilines is 2. The Morgan fingerprint density at radius 2 is 2.33 bits per heavy atom. The van der Waals surface area contributed by atoms with E-state index in [0.29, 0.717) is 13.2 Å². The number of ether oxygens (including phenoxy) is 1. The van der Waals surface area contributed by atoms with E-state index in [0.717, 1.165) is 12.5 Å². The first-order chi connectivity index (χ1) is 8.50. The topological polar surface area (TPSA) is 75.8 Å². The van der Waals surface area contributed by atoms with Crippen LogP contribution in [0.4, 0.5) is 15.8 Å². The maximum Gasteiger partial charge on any atom is 0.337 e. The fraction of sp³-hybridized carbons (Fsp3) is 0.417. The molecule has 1 saturated heterocycles. The summed E-state index contributed by atoms with van der Waals surface area (Å²) in [5.74, 6) is -1.68. The van der Waals surface area contributed by atoms with Crippen molar-refractivity contribution in [1.29, 1.82) is 0 Å². The van der Waals surface area contributed by atoms with Gasteiger partial charge in [0.15, 0.2) is 0 Å². The van der Waals surface area contributed by atoms with Gasteiger partial charge in [-0.1, -0.05) is 0 Å². The molecule has 1 aromatic rings. The monoisotopic (exact) mass is 254 g/mol. The predicted octanol–water partition coefficient (Wildman–Crippen LogP) is 1.33. The number of carboxylic acid groups (broad SMARTS) is 1. The van der Waals surface area contributed by atoms with Crippen molar-refractivity contribution in [3.05, 3.63) is 23.5 Å². The number of nitrogens with zero attached hydrogens (tertiary/aromatic N) is 1. The number of likely N-dealkylation sites (N-methyl/N-ethyl adjacent to an activating group) is 1. The molecule has 1 heterocycles. The zero-order valence-electron chi connectivity index (χ0n) is 10.0. The van der Waals surface area contributed by atoms with Crippen molar-refractivity contribution < 1.29 is 19.0 Å². The van der Waals surface area contributed by atoms with Crippen LogP contribution < -0.4 is 10.6 Å². The van der Waals surface area contributed by atoms with Crippen LogP contribution >= 0.6 is 0 Å². The molecule has 0 radical (unpaired) electrons. The molecule has 0 bridgehead atoms. The quantitative estimate of drug-likeness (QED) is 0.796. The van der Waals surface area contributed by atoms with Crippen LogP contribution in [-0.4, -0.2) is 37.4 Å². The van der Waals surface area contributed by atoms with E-state index in [1.807, 2.05) is 0 Å². The lowest BCUT2D eigenvalue weighted by Crippen LogP contribution is -2.32. The number of hydrogen-bond donors (Lipinski definition) is 2. The lowest BCUT2D eigenvalue weighted by atomic mass is 10.1. The minimum atomic E-state index is -1.16. The highest BCUT2D eigenvalue weighted by Gasteiger charge is 2.24. The molecule has 5 nitrogen and oxygen atoms in total. The van der Waals surface area contributed by atoms with Crippen LogP contribution in [-0.2, 0) is 4.74 Å². The Morgan fingerprint density at radius 3 is 2.89 bits per heavy atom. The van der Waals surface area contributed by atoms with Gasteiger partial charge in [0.2, 0.25) is 0 Å². The predicted molar refractivity (Wildman–Crippen MR) is 65.4 cm³/mol. The molecule has 1 aliphatic heterocycles. The molecule has 6 heteroatoms. The van der Waals surface area contributed by atoms with Crippen molar-refractivity contribution in [2.75, 3.05) is 30.9 Å². The van der Waals surface area contributed by atoms with Crippen LogP contribution in [0, 0.1) is 5.82 Å². The van der Waals surface area contributed by atoms with E-state index >= 15 is 0 Å². The molecule has 1 aromatic carbocycles. The van der Waals surface area contributed by atoms with Gasteiger partial charge in [0, 0.05) is 19.3 Å². The number of hydrogen-bond acceptors (Lipinski definition) is 4. The number of carbonyl (C=O) groups is 1. The van der Waals surface area contributed by atoms with E-state index in [-0.39, 0.29) is 23.0 Å². The average Bonchev–Trinajstić information content (AvgIpc) is 2.81. The maximum atomic E-state index is 13.8. The molecule has 98 valence electrons.